The number of benzene rings is 1. The van der Waals surface area contributed by atoms with Crippen molar-refractivity contribution in [3.63, 3.8) is 0 Å². The standard InChI is InChI=1S/C17H16FN5O3S/c18-15-8-13(2-3-16(15)21-4-1-6-27(25)7-5-21)23-10-14(26-17(23)24)9-22-12-19-11-20-22/h1-5,7-8,11-12,14H,6,9-10H2/t14-,27?/m0/s1. The van der Waals surface area contributed by atoms with E-state index in [1.54, 1.807) is 46.5 Å². The summed E-state index contributed by atoms with van der Waals surface area (Å²) in [6.07, 6.45) is 6.97. The molecule has 2 aliphatic rings. The topological polar surface area (TPSA) is 86.6 Å². The molecule has 0 bridgehead atoms. The molecule has 0 N–H and O–H groups in total. The highest BCUT2D eigenvalue weighted by atomic mass is 32.2. The van der Waals surface area contributed by atoms with Gasteiger partial charge in [0.05, 0.1) is 30.7 Å². The second-order valence-corrected chi connectivity index (χ2v) is 7.36. The van der Waals surface area contributed by atoms with Gasteiger partial charge >= 0.3 is 6.09 Å². The number of rotatable bonds is 4. The van der Waals surface area contributed by atoms with Crippen LogP contribution in [-0.2, 0) is 22.5 Å². The van der Waals surface area contributed by atoms with Crippen LogP contribution in [0.5, 0.6) is 0 Å². The molecule has 1 fully saturated rings. The van der Waals surface area contributed by atoms with Gasteiger partial charge in [-0.1, -0.05) is 0 Å². The van der Waals surface area contributed by atoms with Crippen LogP contribution in [0.1, 0.15) is 0 Å². The van der Waals surface area contributed by atoms with Crippen molar-refractivity contribution in [3.8, 4) is 0 Å². The molecular weight excluding hydrogens is 373 g/mol. The number of ether oxygens (including phenoxy) is 1. The number of carbonyl (C=O) groups excluding carboxylic acids is 1. The van der Waals surface area contributed by atoms with Gasteiger partial charge in [0.15, 0.2) is 0 Å². The molecule has 4 rings (SSSR count). The number of cyclic esters (lactones) is 1. The average Bonchev–Trinajstić information content (AvgIpc) is 3.22. The monoisotopic (exact) mass is 389 g/mol. The number of halogens is 1. The number of carbonyl (C=O) groups is 1. The first-order valence-corrected chi connectivity index (χ1v) is 9.59. The Balaban J connectivity index is 1.50. The first-order chi connectivity index (χ1) is 13.1. The third kappa shape index (κ3) is 3.81. The van der Waals surface area contributed by atoms with Crippen LogP contribution < -0.4 is 9.80 Å². The van der Waals surface area contributed by atoms with Gasteiger partial charge in [0, 0.05) is 6.20 Å². The normalized spacial score (nSPS) is 22.2. The van der Waals surface area contributed by atoms with Gasteiger partial charge < -0.3 is 14.2 Å². The molecule has 10 heteroatoms. The maximum Gasteiger partial charge on any atom is 0.414 e. The molecular formula is C17H16FN5O3S. The highest BCUT2D eigenvalue weighted by Crippen LogP contribution is 2.29. The molecule has 1 aromatic carbocycles. The van der Waals surface area contributed by atoms with Gasteiger partial charge in [-0.2, -0.15) is 5.10 Å². The van der Waals surface area contributed by atoms with Crippen LogP contribution in [0, 0.1) is 5.82 Å². The highest BCUT2D eigenvalue weighted by molar-refractivity contribution is 7.94. The molecule has 8 nitrogen and oxygen atoms in total. The number of nitrogens with zero attached hydrogens (tertiary/aromatic N) is 5. The number of amides is 1. The lowest BCUT2D eigenvalue weighted by atomic mass is 10.2. The highest BCUT2D eigenvalue weighted by Gasteiger charge is 2.33. The smallest absolute Gasteiger partial charge is 0.414 e. The van der Waals surface area contributed by atoms with Gasteiger partial charge in [-0.15, -0.1) is 0 Å². The third-order valence-corrected chi connectivity index (χ3v) is 5.10. The molecule has 1 aromatic heterocycles. The molecule has 27 heavy (non-hydrogen) atoms. The van der Waals surface area contributed by atoms with Gasteiger partial charge in [-0.05, 0) is 35.5 Å². The predicted octanol–water partition coefficient (Wildman–Crippen LogP) is 2.00. The van der Waals surface area contributed by atoms with Gasteiger partial charge in [0.2, 0.25) is 0 Å². The van der Waals surface area contributed by atoms with E-state index >= 15 is 0 Å². The third-order valence-electron chi connectivity index (χ3n) is 4.15. The van der Waals surface area contributed by atoms with Crippen LogP contribution in [0.4, 0.5) is 20.6 Å². The zero-order valence-electron chi connectivity index (χ0n) is 14.1. The summed E-state index contributed by atoms with van der Waals surface area (Å²) in [7, 11) is 0. The second kappa shape index (κ2) is 7.41. The van der Waals surface area contributed by atoms with Crippen LogP contribution in [0.3, 0.4) is 0 Å². The van der Waals surface area contributed by atoms with E-state index in [0.29, 0.717) is 30.2 Å². The maximum absolute atomic E-state index is 14.7. The number of hydrogen-bond donors (Lipinski definition) is 0. The van der Waals surface area contributed by atoms with Crippen molar-refractivity contribution in [2.75, 3.05) is 22.1 Å². The molecule has 140 valence electrons. The molecule has 2 aliphatic heterocycles. The Labute approximate surface area is 157 Å². The Morgan fingerprint density at radius 2 is 2.26 bits per heavy atom. The zero-order valence-corrected chi connectivity index (χ0v) is 15.0. The van der Waals surface area contributed by atoms with Crippen LogP contribution >= 0.6 is 0 Å². The van der Waals surface area contributed by atoms with Crippen molar-refractivity contribution in [2.24, 2.45) is 0 Å². The van der Waals surface area contributed by atoms with E-state index in [1.807, 2.05) is 0 Å². The van der Waals surface area contributed by atoms with Gasteiger partial charge in [-0.3, -0.25) is 4.90 Å². The first kappa shape index (κ1) is 17.6. The van der Waals surface area contributed by atoms with Crippen molar-refractivity contribution in [3.05, 3.63) is 60.6 Å². The SMILES string of the molecule is O=C1O[C@@H](Cn2cncn2)CN1c1ccc(N2C=CC[S+]([O-])C=C2)c(F)c1. The second-order valence-electron chi connectivity index (χ2n) is 5.99. The fourth-order valence-electron chi connectivity index (χ4n) is 2.89. The predicted molar refractivity (Wildman–Crippen MR) is 97.8 cm³/mol. The van der Waals surface area contributed by atoms with E-state index in [2.05, 4.69) is 10.1 Å². The van der Waals surface area contributed by atoms with E-state index < -0.39 is 29.2 Å². The summed E-state index contributed by atoms with van der Waals surface area (Å²) in [5, 5.41) is 5.50. The van der Waals surface area contributed by atoms with Crippen LogP contribution in [0.15, 0.2) is 54.7 Å². The van der Waals surface area contributed by atoms with Crippen molar-refractivity contribution >= 4 is 28.6 Å². The Morgan fingerprint density at radius 1 is 1.37 bits per heavy atom. The minimum Gasteiger partial charge on any atom is -0.612 e. The van der Waals surface area contributed by atoms with Crippen molar-refractivity contribution in [2.45, 2.75) is 12.6 Å². The quantitative estimate of drug-likeness (QED) is 0.744. The first-order valence-electron chi connectivity index (χ1n) is 8.21. The van der Waals surface area contributed by atoms with Crippen LogP contribution in [0.2, 0.25) is 0 Å². The largest absolute Gasteiger partial charge is 0.612 e. The summed E-state index contributed by atoms with van der Waals surface area (Å²) in [6.45, 7) is 0.670. The van der Waals surface area contributed by atoms with Crippen molar-refractivity contribution in [1.29, 1.82) is 0 Å². The summed E-state index contributed by atoms with van der Waals surface area (Å²) < 4.78 is 33.1. The summed E-state index contributed by atoms with van der Waals surface area (Å²) >= 11 is -1.10. The molecule has 0 saturated carbocycles. The van der Waals surface area contributed by atoms with E-state index in [9.17, 15) is 13.7 Å². The molecule has 2 atom stereocenters. The summed E-state index contributed by atoms with van der Waals surface area (Å²) in [4.78, 5) is 19.0. The summed E-state index contributed by atoms with van der Waals surface area (Å²) in [6, 6.07) is 4.52. The Hall–Kier alpha value is -2.85. The molecule has 0 aliphatic carbocycles. The van der Waals surface area contributed by atoms with Gasteiger partial charge in [-0.25, -0.2) is 18.9 Å². The molecule has 1 saturated heterocycles. The van der Waals surface area contributed by atoms with Crippen LogP contribution in [-0.4, -0.2) is 43.8 Å². The lowest BCUT2D eigenvalue weighted by Crippen LogP contribution is -2.26. The molecule has 1 amide bonds. The minimum atomic E-state index is -1.10. The minimum absolute atomic E-state index is 0.292. The van der Waals surface area contributed by atoms with E-state index in [-0.39, 0.29) is 0 Å². The molecule has 0 radical (unpaired) electrons. The van der Waals surface area contributed by atoms with E-state index in [0.717, 1.165) is 0 Å². The lowest BCUT2D eigenvalue weighted by Gasteiger charge is -2.18. The fraction of sp³-hybridized carbons (Fsp3) is 0.235. The van der Waals surface area contributed by atoms with Crippen molar-refractivity contribution in [1.82, 2.24) is 14.8 Å². The Morgan fingerprint density at radius 3 is 3.04 bits per heavy atom. The molecule has 0 spiro atoms. The lowest BCUT2D eigenvalue weighted by molar-refractivity contribution is 0.129. The fourth-order valence-corrected chi connectivity index (χ4v) is 3.54. The maximum atomic E-state index is 14.7. The van der Waals surface area contributed by atoms with Crippen LogP contribution in [0.25, 0.3) is 0 Å². The Bertz CT molecular complexity index is 889. The number of anilines is 2. The van der Waals surface area contributed by atoms with Gasteiger partial charge in [0.25, 0.3) is 0 Å². The number of hydrogen-bond acceptors (Lipinski definition) is 6. The summed E-state index contributed by atoms with van der Waals surface area (Å²) in [5.74, 6) is -0.110. The Kier molecular flexibility index (Phi) is 4.82. The molecule has 1 unspecified atom stereocenters. The van der Waals surface area contributed by atoms with Gasteiger partial charge in [0.1, 0.15) is 35.7 Å². The molecule has 2 aromatic rings. The summed E-state index contributed by atoms with van der Waals surface area (Å²) in [5.41, 5.74) is 0.713. The number of aromatic nitrogens is 3. The van der Waals surface area contributed by atoms with Crippen molar-refractivity contribution < 1.29 is 18.5 Å². The van der Waals surface area contributed by atoms with E-state index in [4.69, 9.17) is 4.74 Å². The molecule has 3 heterocycles. The average molecular weight is 389 g/mol. The zero-order chi connectivity index (χ0) is 18.8. The van der Waals surface area contributed by atoms with E-state index in [1.165, 1.54) is 22.7 Å².